The lowest BCUT2D eigenvalue weighted by molar-refractivity contribution is 0.575. The van der Waals surface area contributed by atoms with Crippen molar-refractivity contribution in [3.8, 4) is 0 Å². The second-order valence-electron chi connectivity index (χ2n) is 5.95. The van der Waals surface area contributed by atoms with Gasteiger partial charge in [-0.15, -0.1) is 0 Å². The predicted molar refractivity (Wildman–Crippen MR) is 109 cm³/mol. The number of halogens is 2. The fourth-order valence-electron chi connectivity index (χ4n) is 2.58. The molecule has 0 fully saturated rings. The van der Waals surface area contributed by atoms with Crippen LogP contribution in [-0.2, 0) is 13.1 Å². The SMILES string of the molecule is CN=C(NCCCCn1c(C)cccc1=O)NCc1ccc(Cl)cc1Cl. The molecule has 1 aromatic heterocycles. The molecule has 2 aromatic rings. The molecular formula is C19H24Cl2N4O. The van der Waals surface area contributed by atoms with E-state index in [1.54, 1.807) is 29.8 Å². The topological polar surface area (TPSA) is 58.4 Å². The molecule has 0 saturated carbocycles. The molecule has 0 spiro atoms. The molecule has 0 aliphatic heterocycles. The van der Waals surface area contributed by atoms with Crippen molar-refractivity contribution in [2.75, 3.05) is 13.6 Å². The number of hydrogen-bond donors (Lipinski definition) is 2. The first-order chi connectivity index (χ1) is 12.5. The highest BCUT2D eigenvalue weighted by Crippen LogP contribution is 2.20. The molecule has 2 N–H and O–H groups in total. The number of unbranched alkanes of at least 4 members (excludes halogenated alkanes) is 1. The van der Waals surface area contributed by atoms with E-state index in [1.165, 1.54) is 0 Å². The van der Waals surface area contributed by atoms with Crippen molar-refractivity contribution < 1.29 is 0 Å². The first kappa shape index (κ1) is 20.3. The van der Waals surface area contributed by atoms with E-state index < -0.39 is 0 Å². The number of hydrogen-bond acceptors (Lipinski definition) is 2. The monoisotopic (exact) mass is 394 g/mol. The zero-order valence-corrected chi connectivity index (χ0v) is 16.6. The van der Waals surface area contributed by atoms with E-state index in [0.717, 1.165) is 37.2 Å². The number of aliphatic imine (C=N–C) groups is 1. The van der Waals surface area contributed by atoms with Crippen molar-refractivity contribution in [1.82, 2.24) is 15.2 Å². The lowest BCUT2D eigenvalue weighted by Gasteiger charge is -2.13. The van der Waals surface area contributed by atoms with Crippen LogP contribution in [-0.4, -0.2) is 24.1 Å². The predicted octanol–water partition coefficient (Wildman–Crippen LogP) is 3.61. The van der Waals surface area contributed by atoms with Crippen molar-refractivity contribution in [2.45, 2.75) is 32.9 Å². The van der Waals surface area contributed by atoms with Gasteiger partial charge < -0.3 is 15.2 Å². The summed E-state index contributed by atoms with van der Waals surface area (Å²) >= 11 is 12.1. The summed E-state index contributed by atoms with van der Waals surface area (Å²) < 4.78 is 1.80. The molecule has 0 saturated heterocycles. The van der Waals surface area contributed by atoms with Crippen LogP contribution < -0.4 is 16.2 Å². The van der Waals surface area contributed by atoms with Gasteiger partial charge in [0.15, 0.2) is 5.96 Å². The van der Waals surface area contributed by atoms with Gasteiger partial charge in [-0.3, -0.25) is 9.79 Å². The van der Waals surface area contributed by atoms with Crippen LogP contribution in [0, 0.1) is 6.92 Å². The summed E-state index contributed by atoms with van der Waals surface area (Å²) in [6.45, 7) is 4.01. The van der Waals surface area contributed by atoms with Crippen molar-refractivity contribution in [3.63, 3.8) is 0 Å². The van der Waals surface area contributed by atoms with Gasteiger partial charge >= 0.3 is 0 Å². The minimum Gasteiger partial charge on any atom is -0.356 e. The third-order valence-electron chi connectivity index (χ3n) is 4.05. The third kappa shape index (κ3) is 6.07. The van der Waals surface area contributed by atoms with E-state index in [2.05, 4.69) is 15.6 Å². The van der Waals surface area contributed by atoms with Gasteiger partial charge in [-0.1, -0.05) is 35.3 Å². The van der Waals surface area contributed by atoms with Crippen molar-refractivity contribution in [2.24, 2.45) is 4.99 Å². The quantitative estimate of drug-likeness (QED) is 0.428. The van der Waals surface area contributed by atoms with Crippen LogP contribution in [0.15, 0.2) is 46.2 Å². The Morgan fingerprint density at radius 2 is 1.96 bits per heavy atom. The minimum absolute atomic E-state index is 0.0512. The Morgan fingerprint density at radius 1 is 1.15 bits per heavy atom. The van der Waals surface area contributed by atoms with E-state index in [4.69, 9.17) is 23.2 Å². The number of benzene rings is 1. The molecule has 1 aromatic carbocycles. The summed E-state index contributed by atoms with van der Waals surface area (Å²) in [5, 5.41) is 7.75. The average molecular weight is 395 g/mol. The number of guanidine groups is 1. The lowest BCUT2D eigenvalue weighted by atomic mass is 10.2. The highest BCUT2D eigenvalue weighted by atomic mass is 35.5. The molecule has 0 aliphatic carbocycles. The van der Waals surface area contributed by atoms with Gasteiger partial charge in [-0.25, -0.2) is 0 Å². The number of rotatable bonds is 7. The summed E-state index contributed by atoms with van der Waals surface area (Å²) in [6, 6.07) is 10.8. The Morgan fingerprint density at radius 3 is 2.65 bits per heavy atom. The van der Waals surface area contributed by atoms with E-state index in [1.807, 2.05) is 25.1 Å². The molecule has 26 heavy (non-hydrogen) atoms. The molecule has 0 bridgehead atoms. The van der Waals surface area contributed by atoms with Gasteiger partial charge in [0.2, 0.25) is 0 Å². The van der Waals surface area contributed by atoms with Gasteiger partial charge in [-0.2, -0.15) is 0 Å². The van der Waals surface area contributed by atoms with Gasteiger partial charge in [0.1, 0.15) is 0 Å². The first-order valence-corrected chi connectivity index (χ1v) is 9.31. The van der Waals surface area contributed by atoms with E-state index in [-0.39, 0.29) is 5.56 Å². The van der Waals surface area contributed by atoms with E-state index in [0.29, 0.717) is 22.5 Å². The average Bonchev–Trinajstić information content (AvgIpc) is 2.61. The fraction of sp³-hybridized carbons (Fsp3) is 0.368. The van der Waals surface area contributed by atoms with E-state index in [9.17, 15) is 4.79 Å². The zero-order valence-electron chi connectivity index (χ0n) is 15.1. The Balaban J connectivity index is 1.73. The molecule has 140 valence electrons. The molecule has 0 radical (unpaired) electrons. The van der Waals surface area contributed by atoms with Crippen LogP contribution in [0.25, 0.3) is 0 Å². The van der Waals surface area contributed by atoms with Crippen LogP contribution in [0.4, 0.5) is 0 Å². The third-order valence-corrected chi connectivity index (χ3v) is 4.64. The number of nitrogens with one attached hydrogen (secondary N) is 2. The molecule has 0 aliphatic rings. The van der Waals surface area contributed by atoms with Crippen LogP contribution in [0.3, 0.4) is 0 Å². The summed E-state index contributed by atoms with van der Waals surface area (Å²) in [4.78, 5) is 16.0. The van der Waals surface area contributed by atoms with Crippen LogP contribution >= 0.6 is 23.2 Å². The van der Waals surface area contributed by atoms with E-state index >= 15 is 0 Å². The van der Waals surface area contributed by atoms with Crippen LogP contribution in [0.5, 0.6) is 0 Å². The Labute approximate surface area is 164 Å². The molecule has 7 heteroatoms. The molecule has 0 unspecified atom stereocenters. The maximum Gasteiger partial charge on any atom is 0.250 e. The Hall–Kier alpha value is -1.98. The van der Waals surface area contributed by atoms with Crippen molar-refractivity contribution in [3.05, 3.63) is 68.1 Å². The molecule has 5 nitrogen and oxygen atoms in total. The highest BCUT2D eigenvalue weighted by Gasteiger charge is 2.03. The summed E-state index contributed by atoms with van der Waals surface area (Å²) in [5.74, 6) is 0.712. The summed E-state index contributed by atoms with van der Waals surface area (Å²) in [5.41, 5.74) is 2.00. The summed E-state index contributed by atoms with van der Waals surface area (Å²) in [7, 11) is 1.73. The second kappa shape index (κ2) is 10.2. The Bertz CT molecular complexity index is 817. The van der Waals surface area contributed by atoms with Gasteiger partial charge in [0.05, 0.1) is 0 Å². The number of aryl methyl sites for hydroxylation is 1. The van der Waals surface area contributed by atoms with Crippen LogP contribution in [0.1, 0.15) is 24.1 Å². The zero-order chi connectivity index (χ0) is 18.9. The molecule has 2 rings (SSSR count). The first-order valence-electron chi connectivity index (χ1n) is 8.56. The Kier molecular flexibility index (Phi) is 8.01. The smallest absolute Gasteiger partial charge is 0.250 e. The van der Waals surface area contributed by atoms with Crippen molar-refractivity contribution in [1.29, 1.82) is 0 Å². The van der Waals surface area contributed by atoms with Gasteiger partial charge in [-0.05, 0) is 43.5 Å². The van der Waals surface area contributed by atoms with Gasteiger partial charge in [0.25, 0.3) is 5.56 Å². The maximum atomic E-state index is 11.8. The molecule has 1 heterocycles. The number of nitrogens with zero attached hydrogens (tertiary/aromatic N) is 2. The van der Waals surface area contributed by atoms with Crippen LogP contribution in [0.2, 0.25) is 10.0 Å². The lowest BCUT2D eigenvalue weighted by Crippen LogP contribution is -2.37. The van der Waals surface area contributed by atoms with Crippen molar-refractivity contribution >= 4 is 29.2 Å². The maximum absolute atomic E-state index is 11.8. The minimum atomic E-state index is 0.0512. The largest absolute Gasteiger partial charge is 0.356 e. The standard InChI is InChI=1S/C19H24Cl2N4O/c1-14-6-5-7-18(26)25(14)11-4-3-10-23-19(22-2)24-13-15-8-9-16(20)12-17(15)21/h5-9,12H,3-4,10-11,13H2,1-2H3,(H2,22,23,24). The number of pyridine rings is 1. The molecule has 0 amide bonds. The molecule has 0 atom stereocenters. The fourth-order valence-corrected chi connectivity index (χ4v) is 3.05. The highest BCUT2D eigenvalue weighted by molar-refractivity contribution is 6.35. The normalized spacial score (nSPS) is 11.5. The molecular weight excluding hydrogens is 371 g/mol. The second-order valence-corrected chi connectivity index (χ2v) is 6.80. The summed E-state index contributed by atoms with van der Waals surface area (Å²) in [6.07, 6.45) is 1.85. The number of aromatic nitrogens is 1. The van der Waals surface area contributed by atoms with Gasteiger partial charge in [0, 0.05) is 48.5 Å².